The molecule has 1 aliphatic carbocycles. The van der Waals surface area contributed by atoms with E-state index in [0.717, 1.165) is 25.0 Å². The lowest BCUT2D eigenvalue weighted by molar-refractivity contribution is -0.128. The van der Waals surface area contributed by atoms with Gasteiger partial charge in [-0.15, -0.1) is 0 Å². The van der Waals surface area contributed by atoms with Gasteiger partial charge in [0.1, 0.15) is 5.78 Å². The Morgan fingerprint density at radius 1 is 1.36 bits per heavy atom. The Bertz CT molecular complexity index is 478. The van der Waals surface area contributed by atoms with Gasteiger partial charge < -0.3 is 0 Å². The van der Waals surface area contributed by atoms with E-state index in [1.165, 1.54) is 12.8 Å². The maximum Gasteiger partial charge on any atom is 0.136 e. The molecule has 0 radical (unpaired) electrons. The van der Waals surface area contributed by atoms with Crippen LogP contribution in [0.15, 0.2) is 24.4 Å². The lowest BCUT2D eigenvalue weighted by atomic mass is 9.62. The molecule has 2 nitrogen and oxygen atoms in total. The van der Waals surface area contributed by atoms with Gasteiger partial charge in [0, 0.05) is 24.2 Å². The number of aryl methyl sites for hydroxylation is 1. The minimum Gasteiger partial charge on any atom is -0.299 e. The molecule has 0 amide bonds. The number of aromatic nitrogens is 1. The van der Waals surface area contributed by atoms with Gasteiger partial charge in [0.05, 0.1) is 0 Å². The summed E-state index contributed by atoms with van der Waals surface area (Å²) in [7, 11) is 0. The van der Waals surface area contributed by atoms with Crippen LogP contribution >= 0.6 is 0 Å². The molecule has 0 spiro atoms. The Hall–Kier alpha value is -1.18. The molecule has 122 valence electrons. The van der Waals surface area contributed by atoms with Gasteiger partial charge in [-0.3, -0.25) is 9.78 Å². The molecule has 0 saturated heterocycles. The normalized spacial score (nSPS) is 24.4. The molecule has 0 aliphatic heterocycles. The number of Topliss-reactive ketones (excluding diaryl/α,β-unsaturated/α-hetero) is 1. The Morgan fingerprint density at radius 3 is 2.77 bits per heavy atom. The molecule has 1 aliphatic rings. The van der Waals surface area contributed by atoms with E-state index >= 15 is 0 Å². The molecule has 0 bridgehead atoms. The fourth-order valence-electron chi connectivity index (χ4n) is 3.93. The number of rotatable bonds is 6. The topological polar surface area (TPSA) is 30.0 Å². The predicted octanol–water partition coefficient (Wildman–Crippen LogP) is 5.07. The van der Waals surface area contributed by atoms with Crippen LogP contribution in [0.4, 0.5) is 0 Å². The molecule has 0 aromatic carbocycles. The molecule has 2 heteroatoms. The molecule has 0 N–H and O–H groups in total. The fraction of sp³-hybridized carbons (Fsp3) is 0.700. The van der Waals surface area contributed by atoms with Crippen LogP contribution in [-0.4, -0.2) is 10.8 Å². The van der Waals surface area contributed by atoms with Gasteiger partial charge in [-0.25, -0.2) is 0 Å². The summed E-state index contributed by atoms with van der Waals surface area (Å²) in [5.41, 5.74) is 1.42. The van der Waals surface area contributed by atoms with Gasteiger partial charge in [0.25, 0.3) is 0 Å². The Morgan fingerprint density at radius 2 is 2.14 bits per heavy atom. The van der Waals surface area contributed by atoms with Gasteiger partial charge in [-0.2, -0.15) is 0 Å². The standard InChI is InChI=1S/C20H31NO/c1-15(2)17-11-12-20(3,4)14-18(17)19(22)10-7-9-16-8-5-6-13-21-16/h5-6,8,13,15,17-18H,7,9-12,14H2,1-4H3. The Kier molecular flexibility index (Phi) is 5.77. The van der Waals surface area contributed by atoms with Crippen LogP contribution in [0.2, 0.25) is 0 Å². The Labute approximate surface area is 135 Å². The third-order valence-corrected chi connectivity index (χ3v) is 5.30. The van der Waals surface area contributed by atoms with Crippen molar-refractivity contribution in [3.63, 3.8) is 0 Å². The second-order valence-electron chi connectivity index (χ2n) is 8.06. The zero-order chi connectivity index (χ0) is 16.2. The number of hydrogen-bond donors (Lipinski definition) is 0. The first kappa shape index (κ1) is 17.2. The summed E-state index contributed by atoms with van der Waals surface area (Å²) in [5, 5.41) is 0. The SMILES string of the molecule is CC(C)C1CCC(C)(C)CC1C(=O)CCCc1ccccn1. The first-order chi connectivity index (χ1) is 10.4. The summed E-state index contributed by atoms with van der Waals surface area (Å²) in [5.74, 6) is 1.95. The van der Waals surface area contributed by atoms with Gasteiger partial charge in [-0.05, 0) is 61.5 Å². The number of carbonyl (C=O) groups excluding carboxylic acids is 1. The molecule has 2 unspecified atom stereocenters. The summed E-state index contributed by atoms with van der Waals surface area (Å²) in [6.07, 6.45) is 7.91. The van der Waals surface area contributed by atoms with E-state index < -0.39 is 0 Å². The lowest BCUT2D eigenvalue weighted by Gasteiger charge is -2.42. The quantitative estimate of drug-likeness (QED) is 0.734. The highest BCUT2D eigenvalue weighted by Crippen LogP contribution is 2.45. The summed E-state index contributed by atoms with van der Waals surface area (Å²) in [6, 6.07) is 6.00. The number of pyridine rings is 1. The highest BCUT2D eigenvalue weighted by atomic mass is 16.1. The van der Waals surface area contributed by atoms with Crippen molar-refractivity contribution in [1.82, 2.24) is 4.98 Å². The zero-order valence-electron chi connectivity index (χ0n) is 14.6. The van der Waals surface area contributed by atoms with E-state index in [2.05, 4.69) is 32.7 Å². The third-order valence-electron chi connectivity index (χ3n) is 5.30. The highest BCUT2D eigenvalue weighted by Gasteiger charge is 2.39. The molecule has 2 rings (SSSR count). The van der Waals surface area contributed by atoms with Gasteiger partial charge >= 0.3 is 0 Å². The second-order valence-corrected chi connectivity index (χ2v) is 8.06. The van der Waals surface area contributed by atoms with Crippen LogP contribution in [0.25, 0.3) is 0 Å². The van der Waals surface area contributed by atoms with E-state index in [9.17, 15) is 4.79 Å². The van der Waals surface area contributed by atoms with Crippen molar-refractivity contribution in [2.24, 2.45) is 23.2 Å². The van der Waals surface area contributed by atoms with Crippen LogP contribution in [0, 0.1) is 23.2 Å². The zero-order valence-corrected chi connectivity index (χ0v) is 14.6. The van der Waals surface area contributed by atoms with Crippen molar-refractivity contribution in [3.05, 3.63) is 30.1 Å². The summed E-state index contributed by atoms with van der Waals surface area (Å²) < 4.78 is 0. The van der Waals surface area contributed by atoms with Crippen molar-refractivity contribution in [2.45, 2.75) is 66.2 Å². The Balaban J connectivity index is 1.90. The molecule has 1 aromatic rings. The van der Waals surface area contributed by atoms with Crippen LogP contribution in [0.5, 0.6) is 0 Å². The van der Waals surface area contributed by atoms with Crippen molar-refractivity contribution >= 4 is 5.78 Å². The molecule has 1 saturated carbocycles. The average Bonchev–Trinajstić information content (AvgIpc) is 2.47. The molecular weight excluding hydrogens is 270 g/mol. The molecule has 1 fully saturated rings. The third kappa shape index (κ3) is 4.66. The van der Waals surface area contributed by atoms with Crippen molar-refractivity contribution in [1.29, 1.82) is 0 Å². The number of hydrogen-bond acceptors (Lipinski definition) is 2. The fourth-order valence-corrected chi connectivity index (χ4v) is 3.93. The van der Waals surface area contributed by atoms with Crippen molar-refractivity contribution in [3.8, 4) is 0 Å². The smallest absolute Gasteiger partial charge is 0.136 e. The van der Waals surface area contributed by atoms with Gasteiger partial charge in [0.15, 0.2) is 0 Å². The number of carbonyl (C=O) groups is 1. The van der Waals surface area contributed by atoms with Crippen LogP contribution in [0.3, 0.4) is 0 Å². The number of nitrogens with zero attached hydrogens (tertiary/aromatic N) is 1. The lowest BCUT2D eigenvalue weighted by Crippen LogP contribution is -2.37. The molecule has 22 heavy (non-hydrogen) atoms. The molecular formula is C20H31NO. The first-order valence-corrected chi connectivity index (χ1v) is 8.82. The first-order valence-electron chi connectivity index (χ1n) is 8.82. The van der Waals surface area contributed by atoms with Gasteiger partial charge in [-0.1, -0.05) is 33.8 Å². The molecule has 1 aromatic heterocycles. The molecule has 2 atom stereocenters. The summed E-state index contributed by atoms with van der Waals surface area (Å²) in [6.45, 7) is 9.18. The van der Waals surface area contributed by atoms with E-state index in [1.807, 2.05) is 24.4 Å². The van der Waals surface area contributed by atoms with Gasteiger partial charge in [0.2, 0.25) is 0 Å². The van der Waals surface area contributed by atoms with E-state index in [4.69, 9.17) is 0 Å². The maximum absolute atomic E-state index is 12.8. The van der Waals surface area contributed by atoms with Crippen molar-refractivity contribution in [2.75, 3.05) is 0 Å². The van der Waals surface area contributed by atoms with Crippen LogP contribution in [0.1, 0.15) is 65.5 Å². The summed E-state index contributed by atoms with van der Waals surface area (Å²) >= 11 is 0. The maximum atomic E-state index is 12.8. The monoisotopic (exact) mass is 301 g/mol. The van der Waals surface area contributed by atoms with Crippen LogP contribution in [-0.2, 0) is 11.2 Å². The van der Waals surface area contributed by atoms with Crippen molar-refractivity contribution < 1.29 is 4.79 Å². The average molecular weight is 301 g/mol. The largest absolute Gasteiger partial charge is 0.299 e. The predicted molar refractivity (Wildman–Crippen MR) is 91.6 cm³/mol. The highest BCUT2D eigenvalue weighted by molar-refractivity contribution is 5.81. The number of ketones is 1. The minimum absolute atomic E-state index is 0.271. The van der Waals surface area contributed by atoms with E-state index in [-0.39, 0.29) is 5.92 Å². The van der Waals surface area contributed by atoms with Crippen LogP contribution < -0.4 is 0 Å². The summed E-state index contributed by atoms with van der Waals surface area (Å²) in [4.78, 5) is 17.1. The van der Waals surface area contributed by atoms with E-state index in [0.29, 0.717) is 29.5 Å². The van der Waals surface area contributed by atoms with E-state index in [1.54, 1.807) is 0 Å². The minimum atomic E-state index is 0.271. The second kappa shape index (κ2) is 7.39. The molecule has 1 heterocycles.